The average Bonchev–Trinajstić information content (AvgIpc) is 3.21. The molecule has 0 radical (unpaired) electrons. The number of nitrogens with one attached hydrogen (secondary N) is 3. The molecule has 1 heterocycles. The lowest BCUT2D eigenvalue weighted by atomic mass is 10.2. The van der Waals surface area contributed by atoms with E-state index in [2.05, 4.69) is 16.0 Å². The zero-order valence-electron chi connectivity index (χ0n) is 15.2. The number of thiocarbonyl (C=S) groups is 1. The van der Waals surface area contributed by atoms with E-state index in [4.69, 9.17) is 21.7 Å². The van der Waals surface area contributed by atoms with Gasteiger partial charge < -0.3 is 25.4 Å². The van der Waals surface area contributed by atoms with Crippen molar-refractivity contribution in [1.82, 2.24) is 5.32 Å². The van der Waals surface area contributed by atoms with Crippen molar-refractivity contribution in [1.29, 1.82) is 0 Å². The van der Waals surface area contributed by atoms with E-state index >= 15 is 0 Å². The molecule has 7 heteroatoms. The van der Waals surface area contributed by atoms with E-state index in [0.717, 1.165) is 30.9 Å². The number of hydrogen-bond donors (Lipinski definition) is 3. The summed E-state index contributed by atoms with van der Waals surface area (Å²) in [6, 6.07) is 14.3. The zero-order valence-corrected chi connectivity index (χ0v) is 16.0. The molecule has 142 valence electrons. The number of methoxy groups -OCH3 is 1. The summed E-state index contributed by atoms with van der Waals surface area (Å²) >= 11 is 5.29. The van der Waals surface area contributed by atoms with E-state index in [-0.39, 0.29) is 12.0 Å². The van der Waals surface area contributed by atoms with Gasteiger partial charge in [0.25, 0.3) is 5.91 Å². The van der Waals surface area contributed by atoms with Crippen LogP contribution in [0, 0.1) is 0 Å². The molecule has 0 aromatic heterocycles. The average molecular weight is 385 g/mol. The maximum atomic E-state index is 12.3. The monoisotopic (exact) mass is 385 g/mol. The summed E-state index contributed by atoms with van der Waals surface area (Å²) in [4.78, 5) is 12.3. The topological polar surface area (TPSA) is 71.6 Å². The lowest BCUT2D eigenvalue weighted by molar-refractivity contribution is 0.102. The minimum Gasteiger partial charge on any atom is -0.497 e. The van der Waals surface area contributed by atoms with Gasteiger partial charge in [0.15, 0.2) is 5.11 Å². The predicted octanol–water partition coefficient (Wildman–Crippen LogP) is 3.41. The van der Waals surface area contributed by atoms with Gasteiger partial charge in [-0.3, -0.25) is 4.79 Å². The molecule has 2 aromatic carbocycles. The minimum atomic E-state index is -0.175. The lowest BCUT2D eigenvalue weighted by Crippen LogP contribution is -2.34. The van der Waals surface area contributed by atoms with Crippen LogP contribution in [0.1, 0.15) is 23.2 Å². The van der Waals surface area contributed by atoms with Gasteiger partial charge in [-0.25, -0.2) is 0 Å². The van der Waals surface area contributed by atoms with E-state index in [9.17, 15) is 4.79 Å². The van der Waals surface area contributed by atoms with E-state index in [1.54, 1.807) is 43.5 Å². The molecule has 1 fully saturated rings. The van der Waals surface area contributed by atoms with Crippen LogP contribution in [0.2, 0.25) is 0 Å². The van der Waals surface area contributed by atoms with Crippen molar-refractivity contribution in [2.75, 3.05) is 30.9 Å². The highest BCUT2D eigenvalue weighted by atomic mass is 32.1. The second-order valence-corrected chi connectivity index (χ2v) is 6.64. The van der Waals surface area contributed by atoms with Crippen molar-refractivity contribution in [2.45, 2.75) is 18.9 Å². The third-order valence-corrected chi connectivity index (χ3v) is 4.51. The SMILES string of the molecule is COc1ccc(NC(=O)c2ccc(NC(=S)NCC3CCCO3)cc2)cc1. The molecule has 0 spiro atoms. The first kappa shape index (κ1) is 19.1. The van der Waals surface area contributed by atoms with Crippen molar-refractivity contribution in [3.63, 3.8) is 0 Å². The molecular weight excluding hydrogens is 362 g/mol. The van der Waals surface area contributed by atoms with E-state index < -0.39 is 0 Å². The first-order valence-electron chi connectivity index (χ1n) is 8.86. The minimum absolute atomic E-state index is 0.175. The van der Waals surface area contributed by atoms with Crippen LogP contribution in [-0.4, -0.2) is 37.4 Å². The second kappa shape index (κ2) is 9.34. The van der Waals surface area contributed by atoms with Crippen molar-refractivity contribution >= 4 is 34.6 Å². The smallest absolute Gasteiger partial charge is 0.255 e. The van der Waals surface area contributed by atoms with Crippen LogP contribution in [0.3, 0.4) is 0 Å². The van der Waals surface area contributed by atoms with Gasteiger partial charge in [-0.15, -0.1) is 0 Å². The Labute approximate surface area is 164 Å². The Balaban J connectivity index is 1.49. The normalized spacial score (nSPS) is 15.8. The maximum absolute atomic E-state index is 12.3. The highest BCUT2D eigenvalue weighted by Gasteiger charge is 2.15. The third-order valence-electron chi connectivity index (χ3n) is 4.27. The van der Waals surface area contributed by atoms with E-state index in [1.807, 2.05) is 12.1 Å². The Morgan fingerprint density at radius 3 is 2.41 bits per heavy atom. The van der Waals surface area contributed by atoms with Gasteiger partial charge in [-0.2, -0.15) is 0 Å². The van der Waals surface area contributed by atoms with Crippen LogP contribution in [-0.2, 0) is 4.74 Å². The summed E-state index contributed by atoms with van der Waals surface area (Å²) in [5, 5.41) is 9.67. The zero-order chi connectivity index (χ0) is 19.1. The lowest BCUT2D eigenvalue weighted by Gasteiger charge is -2.14. The van der Waals surface area contributed by atoms with Crippen molar-refractivity contribution in [3.05, 3.63) is 54.1 Å². The fourth-order valence-electron chi connectivity index (χ4n) is 2.77. The number of carbonyl (C=O) groups excluding carboxylic acids is 1. The number of hydrogen-bond acceptors (Lipinski definition) is 4. The number of benzene rings is 2. The van der Waals surface area contributed by atoms with Crippen LogP contribution < -0.4 is 20.7 Å². The van der Waals surface area contributed by atoms with Crippen molar-refractivity contribution in [3.8, 4) is 5.75 Å². The molecule has 1 saturated heterocycles. The summed E-state index contributed by atoms with van der Waals surface area (Å²) in [6.07, 6.45) is 2.40. The van der Waals surface area contributed by atoms with Gasteiger partial charge in [0.2, 0.25) is 0 Å². The molecule has 6 nitrogen and oxygen atoms in total. The molecule has 0 aliphatic carbocycles. The van der Waals surface area contributed by atoms with Crippen LogP contribution in [0.5, 0.6) is 5.75 Å². The van der Waals surface area contributed by atoms with E-state index in [1.165, 1.54) is 0 Å². The van der Waals surface area contributed by atoms with Gasteiger partial charge in [-0.05, 0) is 73.6 Å². The van der Waals surface area contributed by atoms with Crippen molar-refractivity contribution < 1.29 is 14.3 Å². The Morgan fingerprint density at radius 2 is 1.78 bits per heavy atom. The second-order valence-electron chi connectivity index (χ2n) is 6.23. The quantitative estimate of drug-likeness (QED) is 0.662. The van der Waals surface area contributed by atoms with Gasteiger partial charge in [-0.1, -0.05) is 0 Å². The molecule has 1 amide bonds. The molecule has 0 saturated carbocycles. The van der Waals surface area contributed by atoms with Crippen LogP contribution in [0.25, 0.3) is 0 Å². The Morgan fingerprint density at radius 1 is 1.11 bits per heavy atom. The molecule has 27 heavy (non-hydrogen) atoms. The van der Waals surface area contributed by atoms with Crippen molar-refractivity contribution in [2.24, 2.45) is 0 Å². The van der Waals surface area contributed by atoms with E-state index in [0.29, 0.717) is 22.9 Å². The largest absolute Gasteiger partial charge is 0.497 e. The number of anilines is 2. The summed E-state index contributed by atoms with van der Waals surface area (Å²) in [5.74, 6) is 0.568. The highest BCUT2D eigenvalue weighted by Crippen LogP contribution is 2.17. The number of amides is 1. The summed E-state index contributed by atoms with van der Waals surface area (Å²) in [7, 11) is 1.60. The van der Waals surface area contributed by atoms with Gasteiger partial charge in [0.05, 0.1) is 13.2 Å². The number of ether oxygens (including phenoxy) is 2. The molecule has 1 aliphatic heterocycles. The first-order chi connectivity index (χ1) is 13.1. The standard InChI is InChI=1S/C20H23N3O3S/c1-25-17-10-8-15(9-11-17)22-19(24)14-4-6-16(7-5-14)23-20(27)21-13-18-3-2-12-26-18/h4-11,18H,2-3,12-13H2,1H3,(H,22,24)(H2,21,23,27). The molecule has 1 atom stereocenters. The Kier molecular flexibility index (Phi) is 6.62. The molecule has 3 N–H and O–H groups in total. The fraction of sp³-hybridized carbons (Fsp3) is 0.300. The van der Waals surface area contributed by atoms with Crippen LogP contribution >= 0.6 is 12.2 Å². The molecule has 3 rings (SSSR count). The predicted molar refractivity (Wildman–Crippen MR) is 111 cm³/mol. The Hall–Kier alpha value is -2.64. The highest BCUT2D eigenvalue weighted by molar-refractivity contribution is 7.80. The molecule has 2 aromatic rings. The number of rotatable bonds is 6. The molecule has 1 aliphatic rings. The Bertz CT molecular complexity index is 772. The van der Waals surface area contributed by atoms with Crippen LogP contribution in [0.4, 0.5) is 11.4 Å². The molecular formula is C20H23N3O3S. The summed E-state index contributed by atoms with van der Waals surface area (Å²) < 4.78 is 10.7. The summed E-state index contributed by atoms with van der Waals surface area (Å²) in [6.45, 7) is 1.53. The first-order valence-corrected chi connectivity index (χ1v) is 9.27. The molecule has 1 unspecified atom stereocenters. The maximum Gasteiger partial charge on any atom is 0.255 e. The molecule has 0 bridgehead atoms. The van der Waals surface area contributed by atoms with Gasteiger partial charge in [0, 0.05) is 30.1 Å². The third kappa shape index (κ3) is 5.67. The number of carbonyl (C=O) groups is 1. The summed E-state index contributed by atoms with van der Waals surface area (Å²) in [5.41, 5.74) is 2.10. The van der Waals surface area contributed by atoms with Gasteiger partial charge >= 0.3 is 0 Å². The van der Waals surface area contributed by atoms with Gasteiger partial charge in [0.1, 0.15) is 5.75 Å². The fourth-order valence-corrected chi connectivity index (χ4v) is 2.97. The van der Waals surface area contributed by atoms with Crippen LogP contribution in [0.15, 0.2) is 48.5 Å².